The van der Waals surface area contributed by atoms with Crippen molar-refractivity contribution in [1.29, 1.82) is 0 Å². The van der Waals surface area contributed by atoms with Gasteiger partial charge in [-0.3, -0.25) is 0 Å². The Kier molecular flexibility index (Phi) is 8.98. The van der Waals surface area contributed by atoms with E-state index in [0.29, 0.717) is 4.87 Å². The molecule has 0 saturated carbocycles. The molecule has 0 heterocycles. The Hall–Kier alpha value is 2.26. The summed E-state index contributed by atoms with van der Waals surface area (Å²) in [6.45, 7) is 4.56. The quantitative estimate of drug-likeness (QED) is 0.232. The van der Waals surface area contributed by atoms with Gasteiger partial charge in [-0.15, -0.1) is 0 Å². The average Bonchev–Trinajstić information content (AvgIpc) is 1.67. The van der Waals surface area contributed by atoms with Crippen molar-refractivity contribution in [3.63, 3.8) is 0 Å². The standard InChI is InChI=1S/C3H7NS.3Al.H2S.5H/c1-3(2,4)5;;;;;;;;;/h5H,1-2H3;;;;1H2;;;;;/q;;2*+1;;;;;;/p-2. The molecule has 0 rings (SSSR count). The van der Waals surface area contributed by atoms with Gasteiger partial charge in [0, 0.05) is 0 Å². The van der Waals surface area contributed by atoms with Gasteiger partial charge >= 0.3 is 79.9 Å². The van der Waals surface area contributed by atoms with Crippen molar-refractivity contribution in [3.05, 3.63) is 0 Å². The van der Waals surface area contributed by atoms with Crippen LogP contribution in [0.1, 0.15) is 13.8 Å². The Labute approximate surface area is 92.5 Å². The minimum absolute atomic E-state index is 0. The van der Waals surface area contributed by atoms with E-state index in [-0.39, 0.29) is 13.5 Å². The first-order valence-electron chi connectivity index (χ1n) is 2.60. The fraction of sp³-hybridized carbons (Fsp3) is 1.00. The molecule has 6 heteroatoms. The second-order valence-electron chi connectivity index (χ2n) is 2.35. The molecule has 0 bridgehead atoms. The molecule has 0 aliphatic rings. The minimum Gasteiger partial charge on any atom is -0.813 e. The van der Waals surface area contributed by atoms with E-state index in [0.717, 1.165) is 0 Å². The Morgan fingerprint density at radius 1 is 1.56 bits per heavy atom. The van der Waals surface area contributed by atoms with E-state index >= 15 is 0 Å². The summed E-state index contributed by atoms with van der Waals surface area (Å²) < 4.78 is 2.41. The third-order valence-corrected chi connectivity index (χ3v) is 8.19. The molecule has 0 N–H and O–H groups in total. The fourth-order valence-corrected chi connectivity index (χ4v) is 4.21. The molecule has 0 atom stereocenters. The predicted molar refractivity (Wildman–Crippen MR) is 56.5 cm³/mol. The van der Waals surface area contributed by atoms with Crippen LogP contribution in [0, 0.1) is 0 Å². The normalized spacial score (nSPS) is 10.9. The van der Waals surface area contributed by atoms with Crippen molar-refractivity contribution in [1.82, 2.24) is 2.87 Å². The first-order valence-corrected chi connectivity index (χ1v) is 7.80. The fourth-order valence-electron chi connectivity index (χ4n) is 0.156. The third-order valence-electron chi connectivity index (χ3n) is 1.42. The molecule has 1 nitrogen and oxygen atoms in total. The van der Waals surface area contributed by atoms with Gasteiger partial charge in [-0.2, -0.15) is 0 Å². The van der Waals surface area contributed by atoms with Crippen molar-refractivity contribution >= 4 is 71.8 Å². The van der Waals surface area contributed by atoms with E-state index in [4.69, 9.17) is 0 Å². The second-order valence-corrected chi connectivity index (χ2v) is 8.27. The number of hydrogen-bond donors (Lipinski definition) is 0. The molecule has 0 saturated heterocycles. The molecule has 0 aromatic heterocycles. The van der Waals surface area contributed by atoms with E-state index in [9.17, 15) is 0 Å². The maximum absolute atomic E-state index is 2.41. The molecular formula is C3H12Al3NS2. The minimum atomic E-state index is 0. The zero-order chi connectivity index (χ0) is 6.78. The maximum atomic E-state index is 2.41. The van der Waals surface area contributed by atoms with E-state index in [1.807, 2.05) is 26.6 Å². The molecule has 0 aromatic rings. The van der Waals surface area contributed by atoms with Crippen LogP contribution < -0.4 is 0 Å². The van der Waals surface area contributed by atoms with Gasteiger partial charge in [0.2, 0.25) is 0 Å². The zero-order valence-corrected chi connectivity index (χ0v) is 13.6. The summed E-state index contributed by atoms with van der Waals surface area (Å²) in [5, 5.41) is 0. The monoisotopic (exact) mass is 207 g/mol. The SMILES string of the molecule is CC(C)([S][AlH2])[N]([AlH+])[AlH2].[SH-]. The van der Waals surface area contributed by atoms with Crippen LogP contribution in [0.25, 0.3) is 0 Å². The summed E-state index contributed by atoms with van der Waals surface area (Å²) in [4.78, 5) is 0.427. The van der Waals surface area contributed by atoms with Gasteiger partial charge in [0.15, 0.2) is 0 Å². The summed E-state index contributed by atoms with van der Waals surface area (Å²) in [5.74, 6) is 0. The van der Waals surface area contributed by atoms with Crippen LogP contribution in [0.2, 0.25) is 0 Å². The molecule has 0 aromatic carbocycles. The van der Waals surface area contributed by atoms with E-state index < -0.39 is 0 Å². The summed E-state index contributed by atoms with van der Waals surface area (Å²) in [6, 6.07) is 0. The van der Waals surface area contributed by atoms with Gasteiger partial charge in [-0.1, -0.05) is 0 Å². The van der Waals surface area contributed by atoms with Gasteiger partial charge in [0.1, 0.15) is 0 Å². The molecule has 9 heavy (non-hydrogen) atoms. The van der Waals surface area contributed by atoms with E-state index in [2.05, 4.69) is 16.7 Å². The zero-order valence-electron chi connectivity index (χ0n) is 6.51. The summed E-state index contributed by atoms with van der Waals surface area (Å²) >= 11 is 4.42. The van der Waals surface area contributed by atoms with Crippen LogP contribution in [-0.2, 0) is 13.5 Å². The topological polar surface area (TPSA) is 3.24 Å². The van der Waals surface area contributed by atoms with Crippen LogP contribution in [0.4, 0.5) is 0 Å². The Morgan fingerprint density at radius 2 is 1.89 bits per heavy atom. The van der Waals surface area contributed by atoms with Gasteiger partial charge in [0.25, 0.3) is 0 Å². The number of hydrogen-bond acceptors (Lipinski definition) is 3. The number of thiol groups is 1. The van der Waals surface area contributed by atoms with Crippen molar-refractivity contribution in [2.24, 2.45) is 0 Å². The maximum Gasteiger partial charge on any atom is -0.813 e. The van der Waals surface area contributed by atoms with Crippen LogP contribution in [0.5, 0.6) is 0 Å². The molecule has 0 amide bonds. The van der Waals surface area contributed by atoms with Crippen LogP contribution in [0.15, 0.2) is 0 Å². The summed E-state index contributed by atoms with van der Waals surface area (Å²) in [6.07, 6.45) is 0. The molecular weight excluding hydrogens is 195 g/mol. The predicted octanol–water partition coefficient (Wildman–Crippen LogP) is -1.60. The molecule has 50 valence electrons. The van der Waals surface area contributed by atoms with Crippen molar-refractivity contribution in [2.75, 3.05) is 0 Å². The third kappa shape index (κ3) is 5.52. The van der Waals surface area contributed by atoms with Gasteiger partial charge < -0.3 is 13.5 Å². The van der Waals surface area contributed by atoms with Gasteiger partial charge in [-0.25, -0.2) is 0 Å². The molecule has 0 radical (unpaired) electrons. The van der Waals surface area contributed by atoms with Crippen LogP contribution in [-0.4, -0.2) is 55.9 Å². The Balaban J connectivity index is 0. The Morgan fingerprint density at radius 3 is 1.89 bits per heavy atom. The van der Waals surface area contributed by atoms with Crippen molar-refractivity contribution in [2.45, 2.75) is 18.7 Å². The molecule has 0 aliphatic carbocycles. The van der Waals surface area contributed by atoms with E-state index in [1.165, 1.54) is 31.7 Å². The molecule has 0 fully saturated rings. The van der Waals surface area contributed by atoms with Crippen LogP contribution in [0.3, 0.4) is 0 Å². The number of rotatable bonds is 2. The first-order chi connectivity index (χ1) is 3.50. The number of nitrogens with zero attached hydrogens (tertiary/aromatic N) is 1. The second kappa shape index (κ2) is 5.85. The largest absolute Gasteiger partial charge is 0.813 e. The Bertz CT molecular complexity index is 77.5. The van der Waals surface area contributed by atoms with E-state index in [1.54, 1.807) is 0 Å². The van der Waals surface area contributed by atoms with Gasteiger partial charge in [-0.05, 0) is 0 Å². The molecule has 0 spiro atoms. The molecule has 0 unspecified atom stereocenters. The first kappa shape index (κ1) is 13.8. The average molecular weight is 207 g/mol. The summed E-state index contributed by atoms with van der Waals surface area (Å²) in [7, 11) is 2.04. The van der Waals surface area contributed by atoms with Crippen LogP contribution >= 0.6 is 10.1 Å². The van der Waals surface area contributed by atoms with Gasteiger partial charge in [0.05, 0.1) is 0 Å². The smallest absolute Gasteiger partial charge is 0.813 e. The van der Waals surface area contributed by atoms with Crippen molar-refractivity contribution in [3.8, 4) is 0 Å². The molecule has 0 aliphatic heterocycles. The summed E-state index contributed by atoms with van der Waals surface area (Å²) in [5.41, 5.74) is 0. The van der Waals surface area contributed by atoms with Crippen molar-refractivity contribution < 1.29 is 0 Å².